The van der Waals surface area contributed by atoms with E-state index in [1.807, 2.05) is 19.9 Å². The normalized spacial score (nSPS) is 15.8. The topological polar surface area (TPSA) is 32.3 Å². The Bertz CT molecular complexity index is 302. The van der Waals surface area contributed by atoms with Crippen LogP contribution in [0.2, 0.25) is 0 Å². The van der Waals surface area contributed by atoms with Crippen molar-refractivity contribution in [1.82, 2.24) is 5.32 Å². The molecule has 1 aromatic rings. The maximum atomic E-state index is 9.66. The van der Waals surface area contributed by atoms with E-state index in [1.54, 1.807) is 0 Å². The van der Waals surface area contributed by atoms with Gasteiger partial charge >= 0.3 is 0 Å². The fourth-order valence-electron chi connectivity index (χ4n) is 1.63. The molecule has 0 saturated heterocycles. The van der Waals surface area contributed by atoms with Gasteiger partial charge in [-0.2, -0.15) is 0 Å². The van der Waals surface area contributed by atoms with E-state index in [0.29, 0.717) is 18.5 Å². The summed E-state index contributed by atoms with van der Waals surface area (Å²) in [5.41, 5.74) is 0.684. The van der Waals surface area contributed by atoms with Crippen molar-refractivity contribution in [3.63, 3.8) is 0 Å². The fourth-order valence-corrected chi connectivity index (χ4v) is 1.63. The molecule has 2 unspecified atom stereocenters. The van der Waals surface area contributed by atoms with Crippen LogP contribution in [0.4, 0.5) is 0 Å². The fraction of sp³-hybridized carbons (Fsp3) is 0.571. The molecule has 0 spiro atoms. The number of nitrogens with one attached hydrogen (secondary N) is 1. The molecule has 0 aromatic heterocycles. The zero-order valence-electron chi connectivity index (χ0n) is 10.7. The van der Waals surface area contributed by atoms with Gasteiger partial charge in [0.15, 0.2) is 0 Å². The van der Waals surface area contributed by atoms with Crippen LogP contribution in [-0.2, 0) is 0 Å². The molecule has 2 N–H and O–H groups in total. The standard InChI is InChI=1S/C14H23NO/c1-11(13-8-6-5-7-9-13)12(2)15-10-14(3,4)16/h5-9,11-12,15-16H,10H2,1-4H3. The molecule has 0 radical (unpaired) electrons. The Hall–Kier alpha value is -0.860. The average molecular weight is 221 g/mol. The highest BCUT2D eigenvalue weighted by molar-refractivity contribution is 5.20. The first-order valence-electron chi connectivity index (χ1n) is 5.91. The minimum absolute atomic E-state index is 0.355. The second-order valence-electron chi connectivity index (χ2n) is 5.18. The Kier molecular flexibility index (Phi) is 4.51. The van der Waals surface area contributed by atoms with E-state index in [-0.39, 0.29) is 0 Å². The second-order valence-corrected chi connectivity index (χ2v) is 5.18. The summed E-state index contributed by atoms with van der Waals surface area (Å²) in [6, 6.07) is 10.8. The Morgan fingerprint density at radius 3 is 2.25 bits per heavy atom. The molecular weight excluding hydrogens is 198 g/mol. The van der Waals surface area contributed by atoms with Gasteiger partial charge < -0.3 is 10.4 Å². The van der Waals surface area contributed by atoms with Crippen molar-refractivity contribution in [3.8, 4) is 0 Å². The van der Waals surface area contributed by atoms with Gasteiger partial charge in [-0.25, -0.2) is 0 Å². The first kappa shape index (κ1) is 13.2. The van der Waals surface area contributed by atoms with Crippen LogP contribution in [-0.4, -0.2) is 23.3 Å². The van der Waals surface area contributed by atoms with Gasteiger partial charge in [-0.05, 0) is 32.3 Å². The lowest BCUT2D eigenvalue weighted by atomic mass is 9.94. The van der Waals surface area contributed by atoms with E-state index in [2.05, 4.69) is 43.4 Å². The van der Waals surface area contributed by atoms with Gasteiger partial charge in [-0.1, -0.05) is 37.3 Å². The van der Waals surface area contributed by atoms with Crippen LogP contribution in [0.1, 0.15) is 39.2 Å². The lowest BCUT2D eigenvalue weighted by Gasteiger charge is -2.26. The highest BCUT2D eigenvalue weighted by Gasteiger charge is 2.17. The van der Waals surface area contributed by atoms with Crippen LogP contribution in [0.5, 0.6) is 0 Å². The largest absolute Gasteiger partial charge is 0.389 e. The van der Waals surface area contributed by atoms with Gasteiger partial charge in [0.05, 0.1) is 5.60 Å². The van der Waals surface area contributed by atoms with Crippen LogP contribution in [0.3, 0.4) is 0 Å². The van der Waals surface area contributed by atoms with Crippen molar-refractivity contribution in [2.75, 3.05) is 6.54 Å². The van der Waals surface area contributed by atoms with Gasteiger partial charge in [0.1, 0.15) is 0 Å². The van der Waals surface area contributed by atoms with Crippen molar-refractivity contribution in [2.24, 2.45) is 0 Å². The molecule has 1 aromatic carbocycles. The van der Waals surface area contributed by atoms with Gasteiger partial charge in [0.2, 0.25) is 0 Å². The zero-order chi connectivity index (χ0) is 12.2. The van der Waals surface area contributed by atoms with E-state index in [0.717, 1.165) is 0 Å². The summed E-state index contributed by atoms with van der Waals surface area (Å²) in [6.45, 7) is 8.62. The number of hydrogen-bond acceptors (Lipinski definition) is 2. The minimum Gasteiger partial charge on any atom is -0.389 e. The molecular formula is C14H23NO. The lowest BCUT2D eigenvalue weighted by molar-refractivity contribution is 0.0761. The SMILES string of the molecule is CC(NCC(C)(C)O)C(C)c1ccccc1. The number of rotatable bonds is 5. The Labute approximate surface area is 98.7 Å². The molecule has 0 bridgehead atoms. The van der Waals surface area contributed by atoms with E-state index in [9.17, 15) is 5.11 Å². The predicted molar refractivity (Wildman–Crippen MR) is 68.6 cm³/mol. The molecule has 2 nitrogen and oxygen atoms in total. The van der Waals surface area contributed by atoms with E-state index < -0.39 is 5.60 Å². The third-order valence-electron chi connectivity index (χ3n) is 2.93. The summed E-state index contributed by atoms with van der Waals surface area (Å²) in [4.78, 5) is 0. The highest BCUT2D eigenvalue weighted by atomic mass is 16.3. The van der Waals surface area contributed by atoms with E-state index >= 15 is 0 Å². The zero-order valence-corrected chi connectivity index (χ0v) is 10.7. The molecule has 0 saturated carbocycles. The summed E-state index contributed by atoms with van der Waals surface area (Å²) in [7, 11) is 0. The molecule has 16 heavy (non-hydrogen) atoms. The highest BCUT2D eigenvalue weighted by Crippen LogP contribution is 2.18. The first-order valence-corrected chi connectivity index (χ1v) is 5.91. The monoisotopic (exact) mass is 221 g/mol. The molecule has 90 valence electrons. The summed E-state index contributed by atoms with van der Waals surface area (Å²) >= 11 is 0. The van der Waals surface area contributed by atoms with Gasteiger partial charge in [0, 0.05) is 12.6 Å². The van der Waals surface area contributed by atoms with Crippen molar-refractivity contribution < 1.29 is 5.11 Å². The quantitative estimate of drug-likeness (QED) is 0.801. The summed E-state index contributed by atoms with van der Waals surface area (Å²) < 4.78 is 0. The molecule has 2 heteroatoms. The number of hydrogen-bond donors (Lipinski definition) is 2. The van der Waals surface area contributed by atoms with Crippen molar-refractivity contribution in [2.45, 2.75) is 45.3 Å². The number of aliphatic hydroxyl groups is 1. The molecule has 0 aliphatic rings. The van der Waals surface area contributed by atoms with Gasteiger partial charge in [-0.15, -0.1) is 0 Å². The van der Waals surface area contributed by atoms with Crippen LogP contribution >= 0.6 is 0 Å². The number of benzene rings is 1. The molecule has 0 aliphatic heterocycles. The first-order chi connectivity index (χ1) is 7.40. The maximum absolute atomic E-state index is 9.66. The Balaban J connectivity index is 2.52. The van der Waals surface area contributed by atoms with Crippen LogP contribution in [0.15, 0.2) is 30.3 Å². The van der Waals surface area contributed by atoms with Crippen molar-refractivity contribution in [3.05, 3.63) is 35.9 Å². The summed E-state index contributed by atoms with van der Waals surface area (Å²) in [5.74, 6) is 0.448. The van der Waals surface area contributed by atoms with Crippen LogP contribution < -0.4 is 5.32 Å². The molecule has 0 amide bonds. The van der Waals surface area contributed by atoms with E-state index in [1.165, 1.54) is 5.56 Å². The van der Waals surface area contributed by atoms with Crippen molar-refractivity contribution in [1.29, 1.82) is 0 Å². The predicted octanol–water partition coefficient (Wildman–Crippen LogP) is 2.54. The van der Waals surface area contributed by atoms with Crippen LogP contribution in [0, 0.1) is 0 Å². The van der Waals surface area contributed by atoms with Gasteiger partial charge in [-0.3, -0.25) is 0 Å². The second kappa shape index (κ2) is 5.46. The minimum atomic E-state index is -0.648. The van der Waals surface area contributed by atoms with Gasteiger partial charge in [0.25, 0.3) is 0 Å². The van der Waals surface area contributed by atoms with E-state index in [4.69, 9.17) is 0 Å². The Morgan fingerprint density at radius 1 is 1.19 bits per heavy atom. The lowest BCUT2D eigenvalue weighted by Crippen LogP contribution is -2.41. The average Bonchev–Trinajstić information content (AvgIpc) is 2.25. The van der Waals surface area contributed by atoms with Crippen LogP contribution in [0.25, 0.3) is 0 Å². The summed E-state index contributed by atoms with van der Waals surface area (Å²) in [6.07, 6.45) is 0. The summed E-state index contributed by atoms with van der Waals surface area (Å²) in [5, 5.41) is 13.0. The third-order valence-corrected chi connectivity index (χ3v) is 2.93. The smallest absolute Gasteiger partial charge is 0.0715 e. The Morgan fingerprint density at radius 2 is 1.75 bits per heavy atom. The van der Waals surface area contributed by atoms with Crippen molar-refractivity contribution >= 4 is 0 Å². The molecule has 0 aliphatic carbocycles. The third kappa shape index (κ3) is 4.33. The maximum Gasteiger partial charge on any atom is 0.0715 e. The molecule has 2 atom stereocenters. The molecule has 0 heterocycles. The molecule has 1 rings (SSSR count). The molecule has 0 fully saturated rings.